The Morgan fingerprint density at radius 1 is 1.38 bits per heavy atom. The summed E-state index contributed by atoms with van der Waals surface area (Å²) in [4.78, 5) is 10.7. The van der Waals surface area contributed by atoms with Gasteiger partial charge in [0.15, 0.2) is 12.0 Å². The molecule has 2 rings (SSSR count). The normalized spacial score (nSPS) is 11.2. The van der Waals surface area contributed by atoms with Crippen LogP contribution in [0, 0.1) is 0 Å². The van der Waals surface area contributed by atoms with Crippen LogP contribution in [0.15, 0.2) is 40.1 Å². The summed E-state index contributed by atoms with van der Waals surface area (Å²) in [6.45, 7) is 0.137. The molecular weight excluding hydrogens is 274 g/mol. The van der Waals surface area contributed by atoms with Crippen molar-refractivity contribution in [3.8, 4) is 0 Å². The first-order valence-corrected chi connectivity index (χ1v) is 6.09. The van der Waals surface area contributed by atoms with Gasteiger partial charge in [-0.2, -0.15) is 5.10 Å². The maximum atomic E-state index is 10.7. The molecule has 0 aliphatic rings. The molecule has 0 fully saturated rings. The summed E-state index contributed by atoms with van der Waals surface area (Å²) in [6, 6.07) is 9.64. The largest absolute Gasteiger partial charge is 0.347 e. The lowest BCUT2D eigenvalue weighted by Gasteiger charge is -2.20. The van der Waals surface area contributed by atoms with Crippen LogP contribution in [0.3, 0.4) is 0 Å². The topological polar surface area (TPSA) is 136 Å². The van der Waals surface area contributed by atoms with Gasteiger partial charge in [-0.25, -0.2) is 10.5 Å². The second-order valence-corrected chi connectivity index (χ2v) is 4.13. The molecule has 0 saturated carbocycles. The highest BCUT2D eigenvalue weighted by molar-refractivity contribution is 5.84. The van der Waals surface area contributed by atoms with E-state index in [0.29, 0.717) is 18.5 Å². The molecule has 110 valence electrons. The number of aldehydes is 1. The number of aromatic nitrogens is 2. The van der Waals surface area contributed by atoms with Crippen LogP contribution in [0.25, 0.3) is 0 Å². The van der Waals surface area contributed by atoms with Crippen LogP contribution in [-0.2, 0) is 6.42 Å². The van der Waals surface area contributed by atoms with Gasteiger partial charge < -0.3 is 11.2 Å². The number of nitrogens with one attached hydrogen (secondary N) is 1. The van der Waals surface area contributed by atoms with Crippen molar-refractivity contribution >= 4 is 17.9 Å². The number of hydrazine groups is 1. The first-order valence-electron chi connectivity index (χ1n) is 6.09. The predicted octanol–water partition coefficient (Wildman–Crippen LogP) is -0.0579. The number of carbonyl (C=O) groups is 1. The molecule has 9 heteroatoms. The van der Waals surface area contributed by atoms with Gasteiger partial charge in [0.25, 0.3) is 0 Å². The lowest BCUT2D eigenvalue weighted by molar-refractivity contribution is 0.111. The van der Waals surface area contributed by atoms with Crippen LogP contribution in [0.4, 0.5) is 5.82 Å². The maximum Gasteiger partial charge on any atom is 0.203 e. The van der Waals surface area contributed by atoms with Crippen molar-refractivity contribution in [1.82, 2.24) is 15.3 Å². The molecule has 9 nitrogen and oxygen atoms in total. The average Bonchev–Trinajstić information content (AvgIpc) is 2.98. The van der Waals surface area contributed by atoms with Gasteiger partial charge in [-0.3, -0.25) is 9.80 Å². The fourth-order valence-corrected chi connectivity index (χ4v) is 1.65. The van der Waals surface area contributed by atoms with E-state index in [0.717, 1.165) is 5.56 Å². The molecule has 2 aromatic rings. The van der Waals surface area contributed by atoms with Crippen molar-refractivity contribution in [1.29, 1.82) is 0 Å². The van der Waals surface area contributed by atoms with Crippen molar-refractivity contribution < 1.29 is 9.42 Å². The Morgan fingerprint density at radius 2 is 2.14 bits per heavy atom. The Morgan fingerprint density at radius 3 is 2.81 bits per heavy atom. The molecule has 1 aromatic carbocycles. The molecule has 0 saturated heterocycles. The number of hydrazone groups is 1. The highest BCUT2D eigenvalue weighted by Gasteiger charge is 2.12. The van der Waals surface area contributed by atoms with Gasteiger partial charge in [-0.05, 0) is 15.9 Å². The molecule has 21 heavy (non-hydrogen) atoms. The third-order valence-electron chi connectivity index (χ3n) is 2.73. The molecule has 0 aliphatic heterocycles. The van der Waals surface area contributed by atoms with Crippen LogP contribution in [-0.4, -0.2) is 34.1 Å². The van der Waals surface area contributed by atoms with E-state index in [1.54, 1.807) is 0 Å². The first kappa shape index (κ1) is 14.5. The van der Waals surface area contributed by atoms with Crippen molar-refractivity contribution in [2.24, 2.45) is 16.8 Å². The van der Waals surface area contributed by atoms with E-state index in [1.807, 2.05) is 30.3 Å². The van der Waals surface area contributed by atoms with E-state index in [4.69, 9.17) is 11.7 Å². The lowest BCUT2D eigenvalue weighted by Crippen LogP contribution is -2.42. The van der Waals surface area contributed by atoms with Crippen molar-refractivity contribution in [3.05, 3.63) is 41.6 Å². The Kier molecular flexibility index (Phi) is 4.83. The molecule has 0 atom stereocenters. The third-order valence-corrected chi connectivity index (χ3v) is 2.73. The number of amidine groups is 1. The van der Waals surface area contributed by atoms with Crippen LogP contribution in [0.5, 0.6) is 0 Å². The minimum Gasteiger partial charge on any atom is -0.347 e. The second kappa shape index (κ2) is 7.01. The van der Waals surface area contributed by atoms with Crippen LogP contribution in [0.2, 0.25) is 0 Å². The van der Waals surface area contributed by atoms with Gasteiger partial charge in [0.05, 0.1) is 0 Å². The minimum atomic E-state index is 0.0673. The number of anilines is 1. The summed E-state index contributed by atoms with van der Waals surface area (Å²) in [5, 5.41) is 14.8. The number of carbonyl (C=O) groups excluding carboxylic acids is 1. The summed E-state index contributed by atoms with van der Waals surface area (Å²) in [5.74, 6) is 11.9. The quantitative estimate of drug-likeness (QED) is 0.168. The summed E-state index contributed by atoms with van der Waals surface area (Å²) >= 11 is 0. The SMILES string of the molecule is N/N=C(/Cc1ccccc1)N(N)CNc1nonc1C=O. The van der Waals surface area contributed by atoms with Gasteiger partial charge in [-0.15, -0.1) is 0 Å². The van der Waals surface area contributed by atoms with E-state index in [2.05, 4.69) is 25.4 Å². The van der Waals surface area contributed by atoms with E-state index in [-0.39, 0.29) is 18.2 Å². The van der Waals surface area contributed by atoms with Gasteiger partial charge >= 0.3 is 0 Å². The number of benzene rings is 1. The molecule has 5 N–H and O–H groups in total. The van der Waals surface area contributed by atoms with E-state index < -0.39 is 0 Å². The fourth-order valence-electron chi connectivity index (χ4n) is 1.65. The first-order chi connectivity index (χ1) is 10.2. The van der Waals surface area contributed by atoms with Crippen molar-refractivity contribution in [2.75, 3.05) is 12.0 Å². The number of hydrogen-bond acceptors (Lipinski definition) is 8. The maximum absolute atomic E-state index is 10.7. The molecular formula is C12H15N7O2. The fraction of sp³-hybridized carbons (Fsp3) is 0.167. The molecule has 1 aromatic heterocycles. The van der Waals surface area contributed by atoms with Gasteiger partial charge in [0.2, 0.25) is 5.82 Å². The standard InChI is InChI=1S/C12H15N7O2/c13-16-11(6-9-4-2-1-3-5-9)19(14)8-15-12-10(7-20)17-21-18-12/h1-5,7H,6,8,13-14H2,(H,15,18)/b16-11-. The Labute approximate surface area is 120 Å². The van der Waals surface area contributed by atoms with Gasteiger partial charge in [0.1, 0.15) is 12.5 Å². The van der Waals surface area contributed by atoms with Crippen LogP contribution < -0.4 is 17.0 Å². The van der Waals surface area contributed by atoms with E-state index >= 15 is 0 Å². The zero-order chi connectivity index (χ0) is 15.1. The summed E-state index contributed by atoms with van der Waals surface area (Å²) in [5.41, 5.74) is 1.09. The van der Waals surface area contributed by atoms with Gasteiger partial charge in [-0.1, -0.05) is 30.3 Å². The molecule has 0 radical (unpaired) electrons. The summed E-state index contributed by atoms with van der Waals surface area (Å²) < 4.78 is 4.44. The van der Waals surface area contributed by atoms with Crippen molar-refractivity contribution in [3.63, 3.8) is 0 Å². The Hall–Kier alpha value is -2.94. The number of nitrogens with two attached hydrogens (primary N) is 2. The molecule has 0 bridgehead atoms. The second-order valence-electron chi connectivity index (χ2n) is 4.13. The molecule has 0 unspecified atom stereocenters. The number of nitrogens with zero attached hydrogens (tertiary/aromatic N) is 4. The third kappa shape index (κ3) is 3.76. The number of rotatable bonds is 6. The lowest BCUT2D eigenvalue weighted by atomic mass is 10.1. The zero-order valence-corrected chi connectivity index (χ0v) is 11.1. The Bertz CT molecular complexity index is 611. The monoisotopic (exact) mass is 289 g/mol. The smallest absolute Gasteiger partial charge is 0.203 e. The highest BCUT2D eigenvalue weighted by Crippen LogP contribution is 2.07. The minimum absolute atomic E-state index is 0.0673. The predicted molar refractivity (Wildman–Crippen MR) is 76.0 cm³/mol. The zero-order valence-electron chi connectivity index (χ0n) is 11.1. The van der Waals surface area contributed by atoms with E-state index in [1.165, 1.54) is 5.01 Å². The molecule has 0 amide bonds. The highest BCUT2D eigenvalue weighted by atomic mass is 16.6. The van der Waals surface area contributed by atoms with Crippen LogP contribution >= 0.6 is 0 Å². The number of hydrogen-bond donors (Lipinski definition) is 3. The molecule has 1 heterocycles. The van der Waals surface area contributed by atoms with Crippen molar-refractivity contribution in [2.45, 2.75) is 6.42 Å². The van der Waals surface area contributed by atoms with Gasteiger partial charge in [0, 0.05) is 6.42 Å². The summed E-state index contributed by atoms with van der Waals surface area (Å²) in [6.07, 6.45) is 1.01. The Balaban J connectivity index is 1.95. The molecule has 0 spiro atoms. The average molecular weight is 289 g/mol. The molecule has 0 aliphatic carbocycles. The van der Waals surface area contributed by atoms with Crippen LogP contribution in [0.1, 0.15) is 16.1 Å². The van der Waals surface area contributed by atoms with E-state index in [9.17, 15) is 4.79 Å². The summed E-state index contributed by atoms with van der Waals surface area (Å²) in [7, 11) is 0.